The van der Waals surface area contributed by atoms with Crippen molar-refractivity contribution >= 4 is 29.7 Å². The molecule has 0 unspecified atom stereocenters. The maximum absolute atomic E-state index is 10.7. The summed E-state index contributed by atoms with van der Waals surface area (Å²) in [6.07, 6.45) is -1.56. The molecule has 0 rings (SSSR count). The normalized spacial score (nSPS) is 11.5. The molecule has 1 atom stereocenters. The highest BCUT2D eigenvalue weighted by molar-refractivity contribution is 6.32. The van der Waals surface area contributed by atoms with Gasteiger partial charge in [0.05, 0.1) is 34.0 Å². The Hall–Kier alpha value is -2.49. The number of hydrogen-bond acceptors (Lipinski definition) is 6. The highest BCUT2D eigenvalue weighted by Gasteiger charge is 2.23. The van der Waals surface area contributed by atoms with E-state index in [0.29, 0.717) is 11.0 Å². The van der Waals surface area contributed by atoms with Gasteiger partial charge in [0.25, 0.3) is 0 Å². The summed E-state index contributed by atoms with van der Waals surface area (Å²) in [6.45, 7) is 1.77. The first kappa shape index (κ1) is 23.8. The molecule has 0 saturated carbocycles. The van der Waals surface area contributed by atoms with Gasteiger partial charge in [0.2, 0.25) is 5.78 Å². The first-order valence-electron chi connectivity index (χ1n) is 6.92. The standard InChI is InChI=1S/C9H17NO4.C5H6O5/c1-7(11)14-8(5-9(12)13)6-10(2,3)4;6-3(5(9)10)1-2-4(7)8/h8H,5-6H2,1-4H3;1-2H2,(H,7,8)(H,9,10)/p+1/t8-;/m1./s1. The van der Waals surface area contributed by atoms with E-state index in [1.165, 1.54) is 6.92 Å². The van der Waals surface area contributed by atoms with Crippen molar-refractivity contribution in [3.05, 3.63) is 0 Å². The fourth-order valence-corrected chi connectivity index (χ4v) is 1.51. The smallest absolute Gasteiger partial charge is 0.372 e. The van der Waals surface area contributed by atoms with Crippen molar-refractivity contribution in [3.63, 3.8) is 0 Å². The van der Waals surface area contributed by atoms with Crippen molar-refractivity contribution in [1.29, 1.82) is 0 Å². The quantitative estimate of drug-likeness (QED) is 0.286. The number of carboxylic acid groups (broad SMARTS) is 3. The molecule has 10 nitrogen and oxygen atoms in total. The number of aliphatic carboxylic acids is 3. The van der Waals surface area contributed by atoms with E-state index >= 15 is 0 Å². The molecule has 0 radical (unpaired) electrons. The fourth-order valence-electron chi connectivity index (χ4n) is 1.51. The van der Waals surface area contributed by atoms with Crippen molar-refractivity contribution in [3.8, 4) is 0 Å². The molecule has 0 aromatic heterocycles. The summed E-state index contributed by atoms with van der Waals surface area (Å²) in [7, 11) is 5.75. The summed E-state index contributed by atoms with van der Waals surface area (Å²) in [5.74, 6) is -5.22. The number of Topliss-reactive ketones (excluding diaryl/α,β-unsaturated/α-hetero) is 1. The fraction of sp³-hybridized carbons (Fsp3) is 0.643. The van der Waals surface area contributed by atoms with Gasteiger partial charge in [-0.3, -0.25) is 19.2 Å². The van der Waals surface area contributed by atoms with Crippen LogP contribution in [-0.2, 0) is 28.7 Å². The minimum atomic E-state index is -1.58. The lowest BCUT2D eigenvalue weighted by Crippen LogP contribution is -2.43. The van der Waals surface area contributed by atoms with Gasteiger partial charge in [-0.05, 0) is 0 Å². The molecular formula is C14H24NO9+. The van der Waals surface area contributed by atoms with Crippen LogP contribution >= 0.6 is 0 Å². The Balaban J connectivity index is 0. The van der Waals surface area contributed by atoms with Gasteiger partial charge in [-0.25, -0.2) is 4.79 Å². The van der Waals surface area contributed by atoms with E-state index in [1.807, 2.05) is 21.1 Å². The van der Waals surface area contributed by atoms with E-state index in [4.69, 9.17) is 20.1 Å². The lowest BCUT2D eigenvalue weighted by atomic mass is 10.2. The molecule has 0 aromatic carbocycles. The van der Waals surface area contributed by atoms with E-state index in [-0.39, 0.29) is 6.42 Å². The zero-order valence-electron chi connectivity index (χ0n) is 14.1. The van der Waals surface area contributed by atoms with Crippen LogP contribution in [0.3, 0.4) is 0 Å². The van der Waals surface area contributed by atoms with E-state index in [1.54, 1.807) is 0 Å². The number of quaternary nitrogens is 1. The number of ketones is 1. The van der Waals surface area contributed by atoms with Gasteiger partial charge in [-0.2, -0.15) is 0 Å². The molecule has 0 spiro atoms. The average Bonchev–Trinajstić information content (AvgIpc) is 2.32. The largest absolute Gasteiger partial charge is 0.481 e. The van der Waals surface area contributed by atoms with Gasteiger partial charge in [0.1, 0.15) is 6.54 Å². The van der Waals surface area contributed by atoms with Gasteiger partial charge in [-0.1, -0.05) is 0 Å². The molecule has 0 heterocycles. The predicted octanol–water partition coefficient (Wildman–Crippen LogP) is -0.396. The van der Waals surface area contributed by atoms with Crippen LogP contribution < -0.4 is 0 Å². The maximum Gasteiger partial charge on any atom is 0.372 e. The van der Waals surface area contributed by atoms with Crippen molar-refractivity contribution in [1.82, 2.24) is 0 Å². The second kappa shape index (κ2) is 11.1. The Kier molecular flexibility index (Phi) is 11.0. The zero-order chi connectivity index (χ0) is 19.5. The molecule has 0 amide bonds. The summed E-state index contributed by atoms with van der Waals surface area (Å²) in [6, 6.07) is 0. The molecular weight excluding hydrogens is 326 g/mol. The van der Waals surface area contributed by atoms with Crippen molar-refractivity contribution in [2.75, 3.05) is 27.7 Å². The number of carbonyl (C=O) groups excluding carboxylic acids is 2. The number of carboxylic acids is 3. The SMILES string of the molecule is CC(=O)O[C@H](CC(=O)O)C[N+](C)(C)C.O=C(O)CCC(=O)C(=O)O. The molecule has 10 heteroatoms. The molecule has 3 N–H and O–H groups in total. The highest BCUT2D eigenvalue weighted by Crippen LogP contribution is 2.04. The molecule has 0 aliphatic heterocycles. The Morgan fingerprint density at radius 2 is 1.42 bits per heavy atom. The lowest BCUT2D eigenvalue weighted by Gasteiger charge is -2.28. The van der Waals surface area contributed by atoms with Crippen LogP contribution in [0.4, 0.5) is 0 Å². The van der Waals surface area contributed by atoms with Crippen LogP contribution in [0.15, 0.2) is 0 Å². The second-order valence-electron chi connectivity index (χ2n) is 5.92. The third-order valence-corrected chi connectivity index (χ3v) is 2.29. The average molecular weight is 350 g/mol. The summed E-state index contributed by atoms with van der Waals surface area (Å²) in [4.78, 5) is 50.9. The molecule has 0 fully saturated rings. The lowest BCUT2D eigenvalue weighted by molar-refractivity contribution is -0.873. The summed E-state index contributed by atoms with van der Waals surface area (Å²) >= 11 is 0. The van der Waals surface area contributed by atoms with Gasteiger partial charge in [0.15, 0.2) is 6.10 Å². The van der Waals surface area contributed by atoms with Crippen molar-refractivity contribution < 1.29 is 48.5 Å². The molecule has 0 saturated heterocycles. The van der Waals surface area contributed by atoms with Crippen LogP contribution in [0.25, 0.3) is 0 Å². The molecule has 0 aliphatic rings. The van der Waals surface area contributed by atoms with Crippen molar-refractivity contribution in [2.45, 2.75) is 32.3 Å². The number of rotatable bonds is 9. The van der Waals surface area contributed by atoms with Gasteiger partial charge < -0.3 is 24.5 Å². The second-order valence-corrected chi connectivity index (χ2v) is 5.92. The number of carbonyl (C=O) groups is 5. The minimum absolute atomic E-state index is 0.144. The Morgan fingerprint density at radius 1 is 0.917 bits per heavy atom. The topological polar surface area (TPSA) is 155 Å². The van der Waals surface area contributed by atoms with Crippen LogP contribution in [0.2, 0.25) is 0 Å². The molecule has 138 valence electrons. The number of nitrogens with zero attached hydrogens (tertiary/aromatic N) is 1. The van der Waals surface area contributed by atoms with Crippen molar-refractivity contribution in [2.24, 2.45) is 0 Å². The zero-order valence-corrected chi connectivity index (χ0v) is 14.1. The highest BCUT2D eigenvalue weighted by atomic mass is 16.5. The van der Waals surface area contributed by atoms with E-state index in [9.17, 15) is 24.0 Å². The number of hydrogen-bond donors (Lipinski definition) is 3. The Bertz CT molecular complexity index is 463. The van der Waals surface area contributed by atoms with Gasteiger partial charge in [-0.15, -0.1) is 0 Å². The molecule has 0 aliphatic carbocycles. The maximum atomic E-state index is 10.7. The molecule has 24 heavy (non-hydrogen) atoms. The first-order chi connectivity index (χ1) is 10.7. The van der Waals surface area contributed by atoms with Crippen LogP contribution in [0.5, 0.6) is 0 Å². The third kappa shape index (κ3) is 17.6. The number of likely N-dealkylation sites (N-methyl/N-ethyl adjacent to an activating group) is 1. The van der Waals surface area contributed by atoms with E-state index in [0.717, 1.165) is 0 Å². The summed E-state index contributed by atoms with van der Waals surface area (Å²) in [5.41, 5.74) is 0. The first-order valence-corrected chi connectivity index (χ1v) is 6.92. The molecule has 0 aromatic rings. The van der Waals surface area contributed by atoms with Crippen LogP contribution in [0, 0.1) is 0 Å². The Morgan fingerprint density at radius 3 is 1.71 bits per heavy atom. The summed E-state index contributed by atoms with van der Waals surface area (Å²) < 4.78 is 5.46. The van der Waals surface area contributed by atoms with E-state index < -0.39 is 48.6 Å². The monoisotopic (exact) mass is 350 g/mol. The number of ether oxygens (including phenoxy) is 1. The van der Waals surface area contributed by atoms with Crippen LogP contribution in [-0.4, -0.2) is 83.3 Å². The third-order valence-electron chi connectivity index (χ3n) is 2.29. The molecule has 0 bridgehead atoms. The number of esters is 1. The summed E-state index contributed by atoms with van der Waals surface area (Å²) in [5, 5.41) is 24.5. The van der Waals surface area contributed by atoms with Gasteiger partial charge in [0, 0.05) is 13.3 Å². The minimum Gasteiger partial charge on any atom is -0.481 e. The van der Waals surface area contributed by atoms with Gasteiger partial charge >= 0.3 is 23.9 Å². The predicted molar refractivity (Wildman–Crippen MR) is 80.2 cm³/mol. The Labute approximate surface area is 139 Å². The van der Waals surface area contributed by atoms with E-state index in [2.05, 4.69) is 0 Å². The van der Waals surface area contributed by atoms with Crippen LogP contribution in [0.1, 0.15) is 26.2 Å².